The molecule has 0 saturated carbocycles. The van der Waals surface area contributed by atoms with Crippen molar-refractivity contribution in [3.8, 4) is 0 Å². The minimum Gasteiger partial charge on any atom is -0.446 e. The van der Waals surface area contributed by atoms with Gasteiger partial charge in [-0.1, -0.05) is 42.5 Å². The van der Waals surface area contributed by atoms with Crippen molar-refractivity contribution < 1.29 is 45.4 Å². The maximum absolute atomic E-state index is 13.5. The van der Waals surface area contributed by atoms with E-state index in [4.69, 9.17) is 4.74 Å². The van der Waals surface area contributed by atoms with Gasteiger partial charge in [-0.25, -0.2) is 9.59 Å². The normalized spacial score (nSPS) is 17.5. The van der Waals surface area contributed by atoms with Gasteiger partial charge in [0.2, 0.25) is 6.10 Å². The van der Waals surface area contributed by atoms with Crippen LogP contribution in [0, 0.1) is 0 Å². The van der Waals surface area contributed by atoms with E-state index >= 15 is 0 Å². The summed E-state index contributed by atoms with van der Waals surface area (Å²) in [6.07, 6.45) is -13.1. The topological polar surface area (TPSA) is 55.8 Å². The van der Waals surface area contributed by atoms with Crippen molar-refractivity contribution >= 4 is 12.1 Å². The molecular formula is C22H19F6NO4. The first kappa shape index (κ1) is 24.4. The summed E-state index contributed by atoms with van der Waals surface area (Å²) in [5.41, 5.74) is -1.12. The minimum atomic E-state index is -5.08. The van der Waals surface area contributed by atoms with Crippen LogP contribution in [0.5, 0.6) is 0 Å². The number of carbonyl (C=O) groups excluding carboxylic acids is 2. The zero-order valence-electron chi connectivity index (χ0n) is 17.0. The molecule has 2 aromatic rings. The predicted octanol–water partition coefficient (Wildman–Crippen LogP) is 5.65. The van der Waals surface area contributed by atoms with E-state index < -0.39 is 47.7 Å². The first-order valence-electron chi connectivity index (χ1n) is 9.88. The summed E-state index contributed by atoms with van der Waals surface area (Å²) in [5, 5.41) is 0. The minimum absolute atomic E-state index is 0.0663. The Morgan fingerprint density at radius 1 is 0.970 bits per heavy atom. The average molecular weight is 475 g/mol. The van der Waals surface area contributed by atoms with Crippen LogP contribution in [0.25, 0.3) is 0 Å². The number of halogens is 6. The number of rotatable bonds is 5. The maximum atomic E-state index is 13.5. The van der Waals surface area contributed by atoms with Gasteiger partial charge in [0.15, 0.2) is 0 Å². The molecule has 1 heterocycles. The van der Waals surface area contributed by atoms with Crippen LogP contribution in [0.1, 0.15) is 35.6 Å². The van der Waals surface area contributed by atoms with E-state index in [2.05, 4.69) is 4.74 Å². The lowest BCUT2D eigenvalue weighted by atomic mass is 10.1. The smallest absolute Gasteiger partial charge is 0.429 e. The second-order valence-corrected chi connectivity index (χ2v) is 7.37. The third kappa shape index (κ3) is 6.17. The third-order valence-electron chi connectivity index (χ3n) is 5.04. The molecule has 1 fully saturated rings. The monoisotopic (exact) mass is 475 g/mol. The largest absolute Gasteiger partial charge is 0.446 e. The quantitative estimate of drug-likeness (QED) is 0.414. The number of benzene rings is 2. The Bertz CT molecular complexity index is 960. The van der Waals surface area contributed by atoms with Crippen molar-refractivity contribution in [2.75, 3.05) is 6.54 Å². The Hall–Kier alpha value is -3.24. The maximum Gasteiger partial charge on any atom is 0.429 e. The molecule has 33 heavy (non-hydrogen) atoms. The highest BCUT2D eigenvalue weighted by Gasteiger charge is 2.47. The fraction of sp³-hybridized carbons (Fsp3) is 0.364. The van der Waals surface area contributed by atoms with Gasteiger partial charge in [0, 0.05) is 12.1 Å². The van der Waals surface area contributed by atoms with Crippen LogP contribution in [0.2, 0.25) is 0 Å². The summed E-state index contributed by atoms with van der Waals surface area (Å²) in [4.78, 5) is 25.9. The molecule has 1 amide bonds. The van der Waals surface area contributed by atoms with E-state index in [9.17, 15) is 35.9 Å². The average Bonchev–Trinajstić information content (AvgIpc) is 3.25. The Kier molecular flexibility index (Phi) is 7.19. The van der Waals surface area contributed by atoms with Crippen LogP contribution in [-0.2, 0) is 27.1 Å². The van der Waals surface area contributed by atoms with Crippen molar-refractivity contribution in [3.05, 3.63) is 71.3 Å². The van der Waals surface area contributed by atoms with Gasteiger partial charge in [0.25, 0.3) is 0 Å². The summed E-state index contributed by atoms with van der Waals surface area (Å²) in [6.45, 7) is -0.000967. The number of hydrogen-bond donors (Lipinski definition) is 0. The number of nitrogens with zero attached hydrogens (tertiary/aromatic N) is 1. The molecule has 1 unspecified atom stereocenters. The molecule has 3 rings (SSSR count). The molecule has 2 atom stereocenters. The first-order chi connectivity index (χ1) is 15.5. The van der Waals surface area contributed by atoms with Crippen LogP contribution >= 0.6 is 0 Å². The van der Waals surface area contributed by atoms with Crippen LogP contribution in [0.4, 0.5) is 31.1 Å². The Morgan fingerprint density at radius 2 is 1.61 bits per heavy atom. The number of esters is 1. The second kappa shape index (κ2) is 9.72. The van der Waals surface area contributed by atoms with Gasteiger partial charge < -0.3 is 9.47 Å². The van der Waals surface area contributed by atoms with Crippen molar-refractivity contribution in [3.63, 3.8) is 0 Å². The lowest BCUT2D eigenvalue weighted by Gasteiger charge is -2.26. The predicted molar refractivity (Wildman–Crippen MR) is 103 cm³/mol. The lowest BCUT2D eigenvalue weighted by Crippen LogP contribution is -2.43. The second-order valence-electron chi connectivity index (χ2n) is 7.37. The van der Waals surface area contributed by atoms with Gasteiger partial charge in [-0.15, -0.1) is 0 Å². The molecule has 0 N–H and O–H groups in total. The Morgan fingerprint density at radius 3 is 2.18 bits per heavy atom. The summed E-state index contributed by atoms with van der Waals surface area (Å²) in [6, 6.07) is 9.52. The summed E-state index contributed by atoms with van der Waals surface area (Å²) < 4.78 is 88.6. The van der Waals surface area contributed by atoms with Crippen molar-refractivity contribution in [1.82, 2.24) is 4.90 Å². The highest BCUT2D eigenvalue weighted by atomic mass is 19.4. The molecule has 0 radical (unpaired) electrons. The van der Waals surface area contributed by atoms with Gasteiger partial charge >= 0.3 is 24.4 Å². The van der Waals surface area contributed by atoms with Crippen LogP contribution < -0.4 is 0 Å². The van der Waals surface area contributed by atoms with E-state index in [1.807, 2.05) is 0 Å². The van der Waals surface area contributed by atoms with Gasteiger partial charge in [-0.05, 0) is 30.5 Å². The highest BCUT2D eigenvalue weighted by molar-refractivity contribution is 5.82. The molecule has 0 spiro atoms. The number of ether oxygens (including phenoxy) is 2. The van der Waals surface area contributed by atoms with Crippen LogP contribution in [-0.4, -0.2) is 35.7 Å². The third-order valence-corrected chi connectivity index (χ3v) is 5.04. The molecule has 1 aliphatic rings. The molecule has 2 aromatic carbocycles. The van der Waals surface area contributed by atoms with Crippen LogP contribution in [0.3, 0.4) is 0 Å². The van der Waals surface area contributed by atoms with E-state index in [0.717, 1.165) is 4.90 Å². The molecule has 178 valence electrons. The molecule has 1 aliphatic heterocycles. The molecular weight excluding hydrogens is 456 g/mol. The standard InChI is InChI=1S/C22H19F6NO4/c23-21(24,25)16-10-8-15(9-11-16)18(22(26,27)28)33-19(30)17-7-4-12-29(17)20(31)32-13-14-5-2-1-3-6-14/h1-3,5-6,8-11,17-18H,4,7,12-13H2/t17-,18?/m0/s1. The lowest BCUT2D eigenvalue weighted by molar-refractivity contribution is -0.226. The molecule has 11 heteroatoms. The number of likely N-dealkylation sites (tertiary alicyclic amines) is 1. The van der Waals surface area contributed by atoms with E-state index in [0.29, 0.717) is 36.2 Å². The Balaban J connectivity index is 1.70. The number of carbonyl (C=O) groups is 2. The summed E-state index contributed by atoms with van der Waals surface area (Å²) >= 11 is 0. The molecule has 0 bridgehead atoms. The molecule has 0 aromatic heterocycles. The molecule has 1 saturated heterocycles. The van der Waals surface area contributed by atoms with E-state index in [1.165, 1.54) is 0 Å². The van der Waals surface area contributed by atoms with Crippen molar-refractivity contribution in [1.29, 1.82) is 0 Å². The van der Waals surface area contributed by atoms with E-state index in [-0.39, 0.29) is 19.6 Å². The highest BCUT2D eigenvalue weighted by Crippen LogP contribution is 2.38. The Labute approximate surface area is 184 Å². The zero-order valence-corrected chi connectivity index (χ0v) is 17.0. The number of amides is 1. The van der Waals surface area contributed by atoms with Gasteiger partial charge in [0.1, 0.15) is 12.6 Å². The number of alkyl halides is 6. The van der Waals surface area contributed by atoms with Gasteiger partial charge in [-0.2, -0.15) is 26.3 Å². The van der Waals surface area contributed by atoms with Crippen LogP contribution in [0.15, 0.2) is 54.6 Å². The summed E-state index contributed by atoms with van der Waals surface area (Å²) in [7, 11) is 0. The number of hydrogen-bond acceptors (Lipinski definition) is 4. The first-order valence-corrected chi connectivity index (χ1v) is 9.88. The van der Waals surface area contributed by atoms with Crippen molar-refractivity contribution in [2.24, 2.45) is 0 Å². The SMILES string of the molecule is O=C(OC(c1ccc(C(F)(F)F)cc1)C(F)(F)F)[C@@H]1CCCN1C(=O)OCc1ccccc1. The van der Waals surface area contributed by atoms with Gasteiger partial charge in [-0.3, -0.25) is 4.90 Å². The molecule has 0 aliphatic carbocycles. The molecule has 5 nitrogen and oxygen atoms in total. The zero-order chi connectivity index (χ0) is 24.2. The van der Waals surface area contributed by atoms with Gasteiger partial charge in [0.05, 0.1) is 5.56 Å². The fourth-order valence-corrected chi connectivity index (χ4v) is 3.40. The van der Waals surface area contributed by atoms with E-state index in [1.54, 1.807) is 30.3 Å². The fourth-order valence-electron chi connectivity index (χ4n) is 3.40. The summed E-state index contributed by atoms with van der Waals surface area (Å²) in [5.74, 6) is -1.31. The van der Waals surface area contributed by atoms with Crippen molar-refractivity contribution in [2.45, 2.75) is 43.9 Å².